The summed E-state index contributed by atoms with van der Waals surface area (Å²) < 4.78 is 1.53. The number of hydrogen-bond acceptors (Lipinski definition) is 2. The van der Waals surface area contributed by atoms with Gasteiger partial charge in [0.15, 0.2) is 0 Å². The third kappa shape index (κ3) is 3.15. The van der Waals surface area contributed by atoms with Crippen LogP contribution in [0.4, 0.5) is 10.5 Å². The summed E-state index contributed by atoms with van der Waals surface area (Å²) in [6, 6.07) is 5.22. The van der Waals surface area contributed by atoms with E-state index in [9.17, 15) is 9.59 Å². The first kappa shape index (κ1) is 15.3. The minimum atomic E-state index is -0.852. The second-order valence-corrected chi connectivity index (χ2v) is 6.56. The third-order valence-corrected chi connectivity index (χ3v) is 4.73. The number of halogens is 2. The van der Waals surface area contributed by atoms with Crippen molar-refractivity contribution in [3.05, 3.63) is 27.1 Å². The number of urea groups is 1. The number of para-hydroxylation sites is 1. The first-order valence-corrected chi connectivity index (χ1v) is 7.71. The summed E-state index contributed by atoms with van der Waals surface area (Å²) in [7, 11) is 0. The van der Waals surface area contributed by atoms with Crippen molar-refractivity contribution in [1.29, 1.82) is 0 Å². The van der Waals surface area contributed by atoms with Crippen LogP contribution in [0.1, 0.15) is 6.92 Å². The highest BCUT2D eigenvalue weighted by molar-refractivity contribution is 9.11. The number of benzene rings is 1. The summed E-state index contributed by atoms with van der Waals surface area (Å²) in [5.74, 6) is -1.39. The predicted molar refractivity (Wildman–Crippen MR) is 82.7 cm³/mol. The lowest BCUT2D eigenvalue weighted by molar-refractivity contribution is -0.142. The van der Waals surface area contributed by atoms with E-state index < -0.39 is 11.9 Å². The maximum Gasteiger partial charge on any atom is 0.321 e. The lowest BCUT2D eigenvalue weighted by atomic mass is 9.99. The summed E-state index contributed by atoms with van der Waals surface area (Å²) in [4.78, 5) is 24.8. The number of carboxylic acid groups (broad SMARTS) is 1. The molecule has 0 aromatic heterocycles. The topological polar surface area (TPSA) is 69.6 Å². The average molecular weight is 406 g/mol. The molecule has 108 valence electrons. The van der Waals surface area contributed by atoms with Gasteiger partial charge in [-0.05, 0) is 49.9 Å². The second kappa shape index (κ2) is 6.13. The molecule has 0 spiro atoms. The molecule has 20 heavy (non-hydrogen) atoms. The minimum Gasteiger partial charge on any atom is -0.481 e. The Balaban J connectivity index is 2.08. The highest BCUT2D eigenvalue weighted by Gasteiger charge is 2.37. The van der Waals surface area contributed by atoms with E-state index in [1.165, 1.54) is 4.90 Å². The molecule has 2 unspecified atom stereocenters. The number of amides is 2. The first-order chi connectivity index (χ1) is 9.40. The number of nitrogens with one attached hydrogen (secondary N) is 1. The van der Waals surface area contributed by atoms with Gasteiger partial charge in [-0.25, -0.2) is 4.79 Å². The standard InChI is InChI=1S/C13H14Br2N2O3/c1-7-5-17(6-8(7)12(18)19)13(20)16-11-9(14)3-2-4-10(11)15/h2-4,7-8H,5-6H2,1H3,(H,16,20)(H,18,19). The number of likely N-dealkylation sites (tertiary alicyclic amines) is 1. The van der Waals surface area contributed by atoms with Crippen molar-refractivity contribution < 1.29 is 14.7 Å². The zero-order valence-electron chi connectivity index (χ0n) is 10.8. The largest absolute Gasteiger partial charge is 0.481 e. The molecular weight excluding hydrogens is 392 g/mol. The van der Waals surface area contributed by atoms with E-state index in [2.05, 4.69) is 37.2 Å². The van der Waals surface area contributed by atoms with Crippen molar-refractivity contribution in [2.45, 2.75) is 6.92 Å². The van der Waals surface area contributed by atoms with E-state index >= 15 is 0 Å². The van der Waals surface area contributed by atoms with Gasteiger partial charge in [-0.2, -0.15) is 0 Å². The molecule has 1 aliphatic heterocycles. The molecule has 7 heteroatoms. The fraction of sp³-hybridized carbons (Fsp3) is 0.385. The zero-order valence-corrected chi connectivity index (χ0v) is 13.9. The van der Waals surface area contributed by atoms with Gasteiger partial charge in [0.2, 0.25) is 0 Å². The lowest BCUT2D eigenvalue weighted by Gasteiger charge is -2.18. The number of carbonyl (C=O) groups excluding carboxylic acids is 1. The number of hydrogen-bond donors (Lipinski definition) is 2. The van der Waals surface area contributed by atoms with Gasteiger partial charge in [0.1, 0.15) is 0 Å². The van der Waals surface area contributed by atoms with Crippen LogP contribution in [0.5, 0.6) is 0 Å². The van der Waals surface area contributed by atoms with Gasteiger partial charge in [0, 0.05) is 22.0 Å². The Labute approximate surface area is 133 Å². The van der Waals surface area contributed by atoms with Gasteiger partial charge in [0.25, 0.3) is 0 Å². The molecule has 0 aliphatic carbocycles. The fourth-order valence-electron chi connectivity index (χ4n) is 2.26. The normalized spacial score (nSPS) is 21.9. The van der Waals surface area contributed by atoms with Gasteiger partial charge >= 0.3 is 12.0 Å². The number of carboxylic acids is 1. The molecule has 0 saturated carbocycles. The van der Waals surface area contributed by atoms with E-state index in [4.69, 9.17) is 5.11 Å². The third-order valence-electron chi connectivity index (χ3n) is 3.41. The van der Waals surface area contributed by atoms with E-state index in [1.54, 1.807) is 0 Å². The molecule has 1 fully saturated rings. The molecule has 1 saturated heterocycles. The minimum absolute atomic E-state index is 0.0408. The van der Waals surface area contributed by atoms with Gasteiger partial charge in [-0.15, -0.1) is 0 Å². The molecular formula is C13H14Br2N2O3. The SMILES string of the molecule is CC1CN(C(=O)Nc2c(Br)cccc2Br)CC1C(=O)O. The smallest absolute Gasteiger partial charge is 0.321 e. The maximum absolute atomic E-state index is 12.2. The van der Waals surface area contributed by atoms with Crippen molar-refractivity contribution in [3.8, 4) is 0 Å². The summed E-state index contributed by atoms with van der Waals surface area (Å²) in [5, 5.41) is 11.9. The van der Waals surface area contributed by atoms with Gasteiger partial charge in [0.05, 0.1) is 11.6 Å². The molecule has 1 aromatic carbocycles. The van der Waals surface area contributed by atoms with Gasteiger partial charge in [-0.1, -0.05) is 13.0 Å². The summed E-state index contributed by atoms with van der Waals surface area (Å²) in [6.07, 6.45) is 0. The Bertz CT molecular complexity index is 530. The van der Waals surface area contributed by atoms with Crippen molar-refractivity contribution in [1.82, 2.24) is 4.90 Å². The summed E-state index contributed by atoms with van der Waals surface area (Å²) >= 11 is 6.75. The summed E-state index contributed by atoms with van der Waals surface area (Å²) in [5.41, 5.74) is 0.643. The van der Waals surface area contributed by atoms with Crippen molar-refractivity contribution in [3.63, 3.8) is 0 Å². The molecule has 1 heterocycles. The highest BCUT2D eigenvalue weighted by atomic mass is 79.9. The Hall–Kier alpha value is -1.08. The van der Waals surface area contributed by atoms with Crippen LogP contribution >= 0.6 is 31.9 Å². The van der Waals surface area contributed by atoms with E-state index in [0.29, 0.717) is 12.2 Å². The fourth-order valence-corrected chi connectivity index (χ4v) is 3.45. The van der Waals surface area contributed by atoms with Crippen molar-refractivity contribution >= 4 is 49.5 Å². The van der Waals surface area contributed by atoms with Crippen molar-refractivity contribution in [2.24, 2.45) is 11.8 Å². The second-order valence-electron chi connectivity index (χ2n) is 4.85. The Morgan fingerprint density at radius 3 is 2.40 bits per heavy atom. The molecule has 2 N–H and O–H groups in total. The van der Waals surface area contributed by atoms with Crippen molar-refractivity contribution in [2.75, 3.05) is 18.4 Å². The highest BCUT2D eigenvalue weighted by Crippen LogP contribution is 2.31. The average Bonchev–Trinajstić information content (AvgIpc) is 2.76. The van der Waals surface area contributed by atoms with Crippen LogP contribution in [0.25, 0.3) is 0 Å². The zero-order chi connectivity index (χ0) is 14.9. The quantitative estimate of drug-likeness (QED) is 0.792. The number of carbonyl (C=O) groups is 2. The maximum atomic E-state index is 12.2. The van der Waals surface area contributed by atoms with Gasteiger partial charge in [-0.3, -0.25) is 4.79 Å². The van der Waals surface area contributed by atoms with Crippen LogP contribution in [0.2, 0.25) is 0 Å². The first-order valence-electron chi connectivity index (χ1n) is 6.13. The van der Waals surface area contributed by atoms with Crippen LogP contribution in [0.15, 0.2) is 27.1 Å². The molecule has 2 amide bonds. The Kier molecular flexibility index (Phi) is 4.70. The number of rotatable bonds is 2. The number of aliphatic carboxylic acids is 1. The Morgan fingerprint density at radius 2 is 1.90 bits per heavy atom. The molecule has 0 radical (unpaired) electrons. The molecule has 2 atom stereocenters. The van der Waals surface area contributed by atoms with E-state index in [0.717, 1.165) is 8.95 Å². The van der Waals surface area contributed by atoms with Crippen LogP contribution in [0.3, 0.4) is 0 Å². The molecule has 1 aromatic rings. The monoisotopic (exact) mass is 404 g/mol. The van der Waals surface area contributed by atoms with Crippen LogP contribution in [0, 0.1) is 11.8 Å². The van der Waals surface area contributed by atoms with Crippen LogP contribution < -0.4 is 5.32 Å². The van der Waals surface area contributed by atoms with Crippen LogP contribution in [-0.2, 0) is 4.79 Å². The number of anilines is 1. The van der Waals surface area contributed by atoms with E-state index in [-0.39, 0.29) is 18.5 Å². The number of nitrogens with zero attached hydrogens (tertiary/aromatic N) is 1. The predicted octanol–water partition coefficient (Wildman–Crippen LogP) is 3.40. The Morgan fingerprint density at radius 1 is 1.30 bits per heavy atom. The summed E-state index contributed by atoms with van der Waals surface area (Å²) in [6.45, 7) is 2.54. The lowest BCUT2D eigenvalue weighted by Crippen LogP contribution is -2.34. The molecule has 2 rings (SSSR count). The van der Waals surface area contributed by atoms with Crippen LogP contribution in [-0.4, -0.2) is 35.1 Å². The molecule has 5 nitrogen and oxygen atoms in total. The van der Waals surface area contributed by atoms with Gasteiger partial charge < -0.3 is 15.3 Å². The molecule has 0 bridgehead atoms. The van der Waals surface area contributed by atoms with E-state index in [1.807, 2.05) is 25.1 Å². The molecule has 1 aliphatic rings.